The minimum atomic E-state index is -3.79. The van der Waals surface area contributed by atoms with Crippen LogP contribution in [0, 0.1) is 0 Å². The van der Waals surface area contributed by atoms with E-state index in [0.717, 1.165) is 34.6 Å². The van der Waals surface area contributed by atoms with Crippen LogP contribution in [0.3, 0.4) is 0 Å². The monoisotopic (exact) mass is 491 g/mol. The first-order valence-electron chi connectivity index (χ1n) is 10.5. The van der Waals surface area contributed by atoms with Crippen LogP contribution in [-0.2, 0) is 19.6 Å². The van der Waals surface area contributed by atoms with Crippen LogP contribution in [-0.4, -0.2) is 68.7 Å². The average molecular weight is 492 g/mol. The summed E-state index contributed by atoms with van der Waals surface area (Å²) in [5, 5.41) is 2.80. The van der Waals surface area contributed by atoms with Gasteiger partial charge in [0.2, 0.25) is 5.91 Å². The van der Waals surface area contributed by atoms with Crippen LogP contribution >= 0.6 is 11.3 Å². The van der Waals surface area contributed by atoms with Crippen molar-refractivity contribution < 1.29 is 17.9 Å². The molecule has 178 valence electrons. The number of hydrogen-bond acceptors (Lipinski definition) is 7. The normalized spacial score (nSPS) is 16.9. The maximum Gasteiger partial charge on any atom is 0.254 e. The fraction of sp³-hybridized carbons (Fsp3) is 0.409. The Balaban J connectivity index is 1.94. The molecular weight excluding hydrogens is 462 g/mol. The first-order chi connectivity index (χ1) is 15.8. The smallest absolute Gasteiger partial charge is 0.254 e. The third kappa shape index (κ3) is 5.67. The predicted molar refractivity (Wildman–Crippen MR) is 131 cm³/mol. The number of methoxy groups -OCH3 is 1. The Kier molecular flexibility index (Phi) is 8.35. The van der Waals surface area contributed by atoms with Gasteiger partial charge < -0.3 is 15.0 Å². The Morgan fingerprint density at radius 1 is 1.45 bits per heavy atom. The number of sulfonamides is 1. The molecule has 0 bridgehead atoms. The molecule has 0 spiro atoms. The highest BCUT2D eigenvalue weighted by Gasteiger charge is 2.38. The third-order valence-electron chi connectivity index (χ3n) is 5.30. The van der Waals surface area contributed by atoms with Gasteiger partial charge in [0, 0.05) is 45.4 Å². The Hall–Kier alpha value is -2.60. The van der Waals surface area contributed by atoms with Crippen molar-refractivity contribution in [2.24, 2.45) is 4.99 Å². The molecule has 1 N–H and O–H groups in total. The Morgan fingerprint density at radius 2 is 2.21 bits per heavy atom. The van der Waals surface area contributed by atoms with Crippen molar-refractivity contribution in [1.29, 1.82) is 0 Å². The van der Waals surface area contributed by atoms with Gasteiger partial charge in [-0.2, -0.15) is 4.31 Å². The number of nitrogens with zero attached hydrogens (tertiary/aromatic N) is 4. The molecule has 1 atom stereocenters. The molecule has 0 aliphatic carbocycles. The van der Waals surface area contributed by atoms with E-state index < -0.39 is 10.0 Å². The lowest BCUT2D eigenvalue weighted by Gasteiger charge is -2.28. The molecule has 2 heterocycles. The molecule has 2 aromatic rings. The molecule has 1 fully saturated rings. The van der Waals surface area contributed by atoms with Crippen molar-refractivity contribution in [3.8, 4) is 0 Å². The Labute approximate surface area is 198 Å². The van der Waals surface area contributed by atoms with Crippen molar-refractivity contribution in [1.82, 2.24) is 14.2 Å². The number of thiazole rings is 1. The van der Waals surface area contributed by atoms with E-state index in [1.807, 2.05) is 29.2 Å². The zero-order valence-corrected chi connectivity index (χ0v) is 20.7. The lowest BCUT2D eigenvalue weighted by Crippen LogP contribution is -2.31. The molecule has 0 saturated carbocycles. The molecule has 1 aromatic carbocycles. The second kappa shape index (κ2) is 11.0. The second-order valence-corrected chi connectivity index (χ2v) is 10.7. The van der Waals surface area contributed by atoms with E-state index >= 15 is 0 Å². The van der Waals surface area contributed by atoms with Gasteiger partial charge in [-0.3, -0.25) is 9.79 Å². The maximum absolute atomic E-state index is 13.5. The highest BCUT2D eigenvalue weighted by molar-refractivity contribution is 7.91. The zero-order chi connectivity index (χ0) is 24.0. The second-order valence-electron chi connectivity index (χ2n) is 7.53. The highest BCUT2D eigenvalue weighted by atomic mass is 32.2. The van der Waals surface area contributed by atoms with Gasteiger partial charge in [-0.15, -0.1) is 0 Å². The number of hydrogen-bond donors (Lipinski definition) is 1. The van der Waals surface area contributed by atoms with Crippen molar-refractivity contribution >= 4 is 44.4 Å². The van der Waals surface area contributed by atoms with Crippen LogP contribution in [0.4, 0.5) is 5.13 Å². The van der Waals surface area contributed by atoms with Crippen molar-refractivity contribution in [3.05, 3.63) is 48.2 Å². The maximum atomic E-state index is 13.5. The molecule has 9 nitrogen and oxygen atoms in total. The van der Waals surface area contributed by atoms with Crippen LogP contribution in [0.25, 0.3) is 5.70 Å². The van der Waals surface area contributed by atoms with E-state index in [4.69, 9.17) is 4.74 Å². The molecule has 1 amide bonds. The van der Waals surface area contributed by atoms with Gasteiger partial charge in [-0.25, -0.2) is 13.4 Å². The lowest BCUT2D eigenvalue weighted by atomic mass is 9.97. The number of anilines is 1. The molecule has 3 rings (SSSR count). The topological polar surface area (TPSA) is 104 Å². The molecule has 1 aliphatic heterocycles. The molecule has 1 unspecified atom stereocenters. The first-order valence-corrected chi connectivity index (χ1v) is 12.8. The number of ether oxygens (including phenoxy) is 1. The summed E-state index contributed by atoms with van der Waals surface area (Å²) in [4.78, 5) is 21.4. The number of carbonyl (C=O) groups is 1. The fourth-order valence-electron chi connectivity index (χ4n) is 3.84. The van der Waals surface area contributed by atoms with Gasteiger partial charge in [0.05, 0.1) is 25.2 Å². The van der Waals surface area contributed by atoms with E-state index in [2.05, 4.69) is 21.9 Å². The lowest BCUT2D eigenvalue weighted by molar-refractivity contribution is -0.114. The summed E-state index contributed by atoms with van der Waals surface area (Å²) in [6, 6.07) is 7.39. The van der Waals surface area contributed by atoms with Crippen LogP contribution in [0.5, 0.6) is 0 Å². The fourth-order valence-corrected chi connectivity index (χ4v) is 6.72. The third-order valence-corrected chi connectivity index (χ3v) is 8.56. The molecule has 1 aliphatic rings. The van der Waals surface area contributed by atoms with Gasteiger partial charge in [0.1, 0.15) is 0 Å². The largest absolute Gasteiger partial charge is 0.383 e. The summed E-state index contributed by atoms with van der Waals surface area (Å²) in [6.07, 6.45) is 4.44. The SMILES string of the molecule is C=C(c1ccccc1C1CCCN1S(=O)(=O)c1cnc(NC(C)=O)s1)N(C=NC)CCOC. The summed E-state index contributed by atoms with van der Waals surface area (Å²) in [7, 11) is -0.466. The summed E-state index contributed by atoms with van der Waals surface area (Å²) in [5.74, 6) is -0.298. The number of amides is 1. The molecule has 1 aromatic heterocycles. The molecule has 0 radical (unpaired) electrons. The van der Waals surface area contributed by atoms with Crippen molar-refractivity contribution in [2.45, 2.75) is 30.0 Å². The number of rotatable bonds is 10. The van der Waals surface area contributed by atoms with Crippen LogP contribution < -0.4 is 5.32 Å². The van der Waals surface area contributed by atoms with Gasteiger partial charge in [0.25, 0.3) is 10.0 Å². The summed E-state index contributed by atoms with van der Waals surface area (Å²) >= 11 is 0.954. The minimum Gasteiger partial charge on any atom is -0.383 e. The van der Waals surface area contributed by atoms with E-state index in [-0.39, 0.29) is 21.3 Å². The van der Waals surface area contributed by atoms with Crippen molar-refractivity contribution in [2.75, 3.05) is 39.2 Å². The average Bonchev–Trinajstić information content (AvgIpc) is 3.46. The first kappa shape index (κ1) is 25.0. The summed E-state index contributed by atoms with van der Waals surface area (Å²) < 4.78 is 33.8. The Morgan fingerprint density at radius 3 is 2.91 bits per heavy atom. The Bertz CT molecular complexity index is 1130. The van der Waals surface area contributed by atoms with E-state index in [1.165, 1.54) is 17.4 Å². The number of aliphatic imine (C=N–C) groups is 1. The van der Waals surface area contributed by atoms with Gasteiger partial charge >= 0.3 is 0 Å². The standard InChI is InChI=1S/C22H29N5O4S2/c1-16(26(15-23-3)12-13-31-4)18-8-5-6-9-19(18)20-10-7-11-27(20)33(29,30)21-14-24-22(32-21)25-17(2)28/h5-6,8-9,14-15,20H,1,7,10-13H2,2-4H3,(H,24,25,28). The molecule has 33 heavy (non-hydrogen) atoms. The molecule has 1 saturated heterocycles. The number of benzene rings is 1. The zero-order valence-electron chi connectivity index (χ0n) is 19.0. The van der Waals surface area contributed by atoms with Gasteiger partial charge in [-0.1, -0.05) is 42.2 Å². The predicted octanol–water partition coefficient (Wildman–Crippen LogP) is 3.20. The molecular formula is C22H29N5O4S2. The van der Waals surface area contributed by atoms with Gasteiger partial charge in [-0.05, 0) is 18.4 Å². The van der Waals surface area contributed by atoms with Gasteiger partial charge in [0.15, 0.2) is 9.34 Å². The highest BCUT2D eigenvalue weighted by Crippen LogP contribution is 2.40. The quantitative estimate of drug-likeness (QED) is 0.404. The minimum absolute atomic E-state index is 0.106. The van der Waals surface area contributed by atoms with E-state index in [1.54, 1.807) is 20.5 Å². The summed E-state index contributed by atoms with van der Waals surface area (Å²) in [5.41, 5.74) is 2.48. The van der Waals surface area contributed by atoms with E-state index in [9.17, 15) is 13.2 Å². The summed E-state index contributed by atoms with van der Waals surface area (Å²) in [6.45, 7) is 7.10. The van der Waals surface area contributed by atoms with Crippen molar-refractivity contribution in [3.63, 3.8) is 0 Å². The van der Waals surface area contributed by atoms with Crippen LogP contribution in [0.2, 0.25) is 0 Å². The van der Waals surface area contributed by atoms with Crippen LogP contribution in [0.1, 0.15) is 36.9 Å². The van der Waals surface area contributed by atoms with Crippen LogP contribution in [0.15, 0.2) is 46.2 Å². The number of carbonyl (C=O) groups excluding carboxylic acids is 1. The molecule has 11 heteroatoms. The number of aromatic nitrogens is 1. The number of nitrogens with one attached hydrogen (secondary N) is 1. The van der Waals surface area contributed by atoms with E-state index in [0.29, 0.717) is 26.1 Å².